The third kappa shape index (κ3) is 59.2. The van der Waals surface area contributed by atoms with Gasteiger partial charge in [0.25, 0.3) is 0 Å². The summed E-state index contributed by atoms with van der Waals surface area (Å²) < 4.78 is 5.49. The molecule has 0 rings (SSSR count). The third-order valence-electron chi connectivity index (χ3n) is 15.1. The Morgan fingerprint density at radius 1 is 0.370 bits per heavy atom. The summed E-state index contributed by atoms with van der Waals surface area (Å²) in [5.74, 6) is -0.0686. The Balaban J connectivity index is 3.43. The van der Waals surface area contributed by atoms with E-state index in [-0.39, 0.29) is 18.5 Å². The number of aliphatic hydroxyl groups is 2. The van der Waals surface area contributed by atoms with Gasteiger partial charge in [-0.3, -0.25) is 9.59 Å². The van der Waals surface area contributed by atoms with Crippen molar-refractivity contribution in [3.63, 3.8) is 0 Å². The molecule has 0 fully saturated rings. The van der Waals surface area contributed by atoms with E-state index in [1.807, 2.05) is 6.08 Å². The molecule has 0 aliphatic rings. The van der Waals surface area contributed by atoms with Gasteiger partial charge in [0.05, 0.1) is 25.4 Å². The first-order chi connectivity index (χ1) is 36.0. The highest BCUT2D eigenvalue weighted by molar-refractivity contribution is 5.76. The van der Waals surface area contributed by atoms with Gasteiger partial charge in [-0.25, -0.2) is 0 Å². The second-order valence-electron chi connectivity index (χ2n) is 22.4. The number of esters is 1. The molecule has 1 amide bonds. The number of carbonyl (C=O) groups is 2. The van der Waals surface area contributed by atoms with Crippen molar-refractivity contribution in [3.05, 3.63) is 36.5 Å². The molecule has 3 N–H and O–H groups in total. The van der Waals surface area contributed by atoms with Crippen LogP contribution >= 0.6 is 0 Å². The largest absolute Gasteiger partial charge is 0.466 e. The molecule has 430 valence electrons. The number of nitrogens with one attached hydrogen (secondary N) is 1. The number of amides is 1. The number of ether oxygens (including phenoxy) is 1. The van der Waals surface area contributed by atoms with Gasteiger partial charge >= 0.3 is 5.97 Å². The van der Waals surface area contributed by atoms with Gasteiger partial charge in [-0.2, -0.15) is 0 Å². The standard InChI is InChI=1S/C67H127NO5/c1-3-5-7-9-11-13-15-17-19-28-31-35-39-43-47-51-55-59-65(70)64(63-69)68-66(71)60-56-52-48-44-40-36-32-29-26-24-22-21-23-25-27-30-34-38-42-46-50-54-58-62-73-67(72)61-57-53-49-45-41-37-33-20-18-16-14-12-10-8-6-4-2/h20,24,26,33,55,59,64-65,69-70H,3-19,21-23,25,27-32,34-54,56-58,60-63H2,1-2H3,(H,68,71)/b26-24-,33-20-,59-55+. The molecule has 0 aliphatic heterocycles. The van der Waals surface area contributed by atoms with Gasteiger partial charge in [0.2, 0.25) is 5.91 Å². The quantitative estimate of drug-likeness (QED) is 0.0320. The molecule has 2 atom stereocenters. The molecule has 0 aromatic rings. The fourth-order valence-electron chi connectivity index (χ4n) is 10.1. The van der Waals surface area contributed by atoms with Crippen LogP contribution in [0.25, 0.3) is 0 Å². The summed E-state index contributed by atoms with van der Waals surface area (Å²) in [5.41, 5.74) is 0. The first kappa shape index (κ1) is 71.1. The molecule has 0 saturated heterocycles. The minimum Gasteiger partial charge on any atom is -0.466 e. The van der Waals surface area contributed by atoms with Crippen molar-refractivity contribution in [2.75, 3.05) is 13.2 Å². The Morgan fingerprint density at radius 2 is 0.644 bits per heavy atom. The second-order valence-corrected chi connectivity index (χ2v) is 22.4. The Hall–Kier alpha value is -1.92. The molecule has 0 saturated carbocycles. The van der Waals surface area contributed by atoms with E-state index >= 15 is 0 Å². The van der Waals surface area contributed by atoms with Gasteiger partial charge in [0.15, 0.2) is 0 Å². The molecule has 0 bridgehead atoms. The molecule has 73 heavy (non-hydrogen) atoms. The van der Waals surface area contributed by atoms with E-state index in [2.05, 4.69) is 43.5 Å². The van der Waals surface area contributed by atoms with Crippen molar-refractivity contribution in [2.24, 2.45) is 0 Å². The molecular weight excluding hydrogens is 899 g/mol. The lowest BCUT2D eigenvalue weighted by Gasteiger charge is -2.20. The Morgan fingerprint density at radius 3 is 0.973 bits per heavy atom. The predicted molar refractivity (Wildman–Crippen MR) is 319 cm³/mol. The minimum atomic E-state index is -0.849. The molecule has 0 spiro atoms. The van der Waals surface area contributed by atoms with E-state index in [4.69, 9.17) is 4.74 Å². The number of rotatable bonds is 61. The maximum atomic E-state index is 12.5. The van der Waals surface area contributed by atoms with Crippen LogP contribution in [0.1, 0.15) is 354 Å². The van der Waals surface area contributed by atoms with Gasteiger partial charge in [0.1, 0.15) is 0 Å². The van der Waals surface area contributed by atoms with Crippen molar-refractivity contribution < 1.29 is 24.5 Å². The van der Waals surface area contributed by atoms with Crippen LogP contribution in [0.4, 0.5) is 0 Å². The molecule has 0 aromatic heterocycles. The molecular formula is C67H127NO5. The topological polar surface area (TPSA) is 95.9 Å². The molecule has 0 radical (unpaired) electrons. The lowest BCUT2D eigenvalue weighted by atomic mass is 10.0. The average molecular weight is 1030 g/mol. The molecule has 6 heteroatoms. The number of hydrogen-bond donors (Lipinski definition) is 3. The van der Waals surface area contributed by atoms with Crippen molar-refractivity contribution in [2.45, 2.75) is 366 Å². The van der Waals surface area contributed by atoms with Crippen molar-refractivity contribution in [3.8, 4) is 0 Å². The average Bonchev–Trinajstić information content (AvgIpc) is 3.39. The minimum absolute atomic E-state index is 0.00381. The van der Waals surface area contributed by atoms with Crippen molar-refractivity contribution in [1.29, 1.82) is 0 Å². The summed E-state index contributed by atoms with van der Waals surface area (Å²) in [7, 11) is 0. The van der Waals surface area contributed by atoms with Crippen LogP contribution in [0.15, 0.2) is 36.5 Å². The maximum absolute atomic E-state index is 12.5. The lowest BCUT2D eigenvalue weighted by molar-refractivity contribution is -0.143. The van der Waals surface area contributed by atoms with Crippen LogP contribution < -0.4 is 5.32 Å². The lowest BCUT2D eigenvalue weighted by Crippen LogP contribution is -2.45. The Bertz CT molecular complexity index is 1180. The zero-order chi connectivity index (χ0) is 52.9. The first-order valence-corrected chi connectivity index (χ1v) is 32.8. The summed E-state index contributed by atoms with van der Waals surface area (Å²) >= 11 is 0. The monoisotopic (exact) mass is 1030 g/mol. The van der Waals surface area contributed by atoms with Crippen LogP contribution in [0.2, 0.25) is 0 Å². The van der Waals surface area contributed by atoms with Gasteiger partial charge in [-0.1, -0.05) is 294 Å². The van der Waals surface area contributed by atoms with E-state index in [9.17, 15) is 19.8 Å². The molecule has 0 heterocycles. The van der Waals surface area contributed by atoms with Crippen LogP contribution in [0.3, 0.4) is 0 Å². The van der Waals surface area contributed by atoms with Crippen LogP contribution in [0, 0.1) is 0 Å². The fraction of sp³-hybridized carbons (Fsp3) is 0.881. The number of allylic oxidation sites excluding steroid dienone is 5. The van der Waals surface area contributed by atoms with E-state index < -0.39 is 12.1 Å². The van der Waals surface area contributed by atoms with Crippen molar-refractivity contribution in [1.82, 2.24) is 5.32 Å². The van der Waals surface area contributed by atoms with Gasteiger partial charge < -0.3 is 20.3 Å². The first-order valence-electron chi connectivity index (χ1n) is 32.8. The van der Waals surface area contributed by atoms with E-state index in [1.165, 1.54) is 276 Å². The van der Waals surface area contributed by atoms with E-state index in [1.54, 1.807) is 6.08 Å². The molecule has 0 aliphatic carbocycles. The van der Waals surface area contributed by atoms with Gasteiger partial charge in [-0.15, -0.1) is 0 Å². The third-order valence-corrected chi connectivity index (χ3v) is 15.1. The van der Waals surface area contributed by atoms with E-state index in [0.717, 1.165) is 51.4 Å². The summed E-state index contributed by atoms with van der Waals surface area (Å²) in [6.45, 7) is 4.91. The fourth-order valence-corrected chi connectivity index (χ4v) is 10.1. The smallest absolute Gasteiger partial charge is 0.305 e. The Labute approximate surface area is 455 Å². The SMILES string of the molecule is CCCCCCCCC/C=C\CCCCCCCC(=O)OCCCCCCCCCCCCCC/C=C\CCCCCCCCCC(=O)NC(CO)C(O)/C=C/CCCCCCCCCCCCCCCCC. The van der Waals surface area contributed by atoms with Crippen LogP contribution in [-0.2, 0) is 14.3 Å². The summed E-state index contributed by atoms with van der Waals surface area (Å²) in [6, 6.07) is -0.633. The zero-order valence-corrected chi connectivity index (χ0v) is 49.1. The van der Waals surface area contributed by atoms with Gasteiger partial charge in [0, 0.05) is 12.8 Å². The Kier molecular flexibility index (Phi) is 61.0. The highest BCUT2D eigenvalue weighted by Crippen LogP contribution is 2.17. The second kappa shape index (κ2) is 62.6. The van der Waals surface area contributed by atoms with Crippen LogP contribution in [-0.4, -0.2) is 47.4 Å². The van der Waals surface area contributed by atoms with Crippen LogP contribution in [0.5, 0.6) is 0 Å². The highest BCUT2D eigenvalue weighted by Gasteiger charge is 2.18. The van der Waals surface area contributed by atoms with Gasteiger partial charge in [-0.05, 0) is 83.5 Å². The van der Waals surface area contributed by atoms with Crippen molar-refractivity contribution >= 4 is 11.9 Å². The highest BCUT2D eigenvalue weighted by atomic mass is 16.5. The number of aliphatic hydroxyl groups excluding tert-OH is 2. The number of carbonyl (C=O) groups excluding carboxylic acids is 2. The summed E-state index contributed by atoms with van der Waals surface area (Å²) in [6.07, 6.45) is 79.1. The summed E-state index contributed by atoms with van der Waals surface area (Å²) in [4.78, 5) is 24.6. The van der Waals surface area contributed by atoms with E-state index in [0.29, 0.717) is 19.4 Å². The molecule has 0 aromatic carbocycles. The number of unbranched alkanes of at least 4 members (excludes halogenated alkanes) is 46. The summed E-state index contributed by atoms with van der Waals surface area (Å²) in [5, 5.41) is 23.2. The zero-order valence-electron chi connectivity index (χ0n) is 49.1. The normalized spacial score (nSPS) is 12.8. The number of hydrogen-bond acceptors (Lipinski definition) is 5. The molecule has 6 nitrogen and oxygen atoms in total. The molecule has 2 unspecified atom stereocenters. The predicted octanol–water partition coefficient (Wildman–Crippen LogP) is 20.8. The maximum Gasteiger partial charge on any atom is 0.305 e.